The lowest BCUT2D eigenvalue weighted by atomic mass is 10.0. The first-order valence-corrected chi connectivity index (χ1v) is 6.83. The number of aromatic nitrogens is 2. The Morgan fingerprint density at radius 3 is 2.82 bits per heavy atom. The lowest BCUT2D eigenvalue weighted by Gasteiger charge is -2.30. The van der Waals surface area contributed by atoms with Crippen LogP contribution in [0.15, 0.2) is 22.6 Å². The van der Waals surface area contributed by atoms with Crippen molar-refractivity contribution in [2.75, 3.05) is 11.4 Å². The van der Waals surface area contributed by atoms with Gasteiger partial charge >= 0.3 is 6.36 Å². The molecule has 1 aliphatic rings. The maximum Gasteiger partial charge on any atom is 0.573 e. The fourth-order valence-electron chi connectivity index (χ4n) is 2.58. The van der Waals surface area contributed by atoms with Crippen LogP contribution in [0.3, 0.4) is 0 Å². The van der Waals surface area contributed by atoms with Crippen LogP contribution in [-0.2, 0) is 13.0 Å². The van der Waals surface area contributed by atoms with Crippen LogP contribution in [-0.4, -0.2) is 23.1 Å². The number of ether oxygens (including phenoxy) is 1. The summed E-state index contributed by atoms with van der Waals surface area (Å²) in [5.74, 6) is 0.781. The molecule has 0 bridgehead atoms. The van der Waals surface area contributed by atoms with Crippen molar-refractivity contribution in [1.82, 2.24) is 10.2 Å². The third-order valence-corrected chi connectivity index (χ3v) is 3.39. The molecule has 3 rings (SSSR count). The van der Waals surface area contributed by atoms with E-state index < -0.39 is 6.36 Å². The minimum absolute atomic E-state index is 0.193. The SMILES string of the molecule is Cc1nnc(CN2CCCc3cc(OC(F)(F)F)ccc32)o1. The molecule has 1 aromatic carbocycles. The molecule has 1 aliphatic heterocycles. The van der Waals surface area contributed by atoms with Crippen LogP contribution < -0.4 is 9.64 Å². The first kappa shape index (κ1) is 14.7. The second kappa shape index (κ2) is 5.51. The van der Waals surface area contributed by atoms with E-state index in [2.05, 4.69) is 14.9 Å². The van der Waals surface area contributed by atoms with Crippen LogP contribution in [0.2, 0.25) is 0 Å². The number of nitrogens with zero attached hydrogens (tertiary/aromatic N) is 3. The van der Waals surface area contributed by atoms with Crippen molar-refractivity contribution in [1.29, 1.82) is 0 Å². The van der Waals surface area contributed by atoms with Crippen LogP contribution in [0.1, 0.15) is 23.8 Å². The molecule has 118 valence electrons. The smallest absolute Gasteiger partial charge is 0.424 e. The third kappa shape index (κ3) is 3.32. The monoisotopic (exact) mass is 313 g/mol. The Balaban J connectivity index is 1.81. The molecule has 0 atom stereocenters. The highest BCUT2D eigenvalue weighted by molar-refractivity contribution is 5.58. The Bertz CT molecular complexity index is 670. The van der Waals surface area contributed by atoms with Gasteiger partial charge in [0.25, 0.3) is 0 Å². The average molecular weight is 313 g/mol. The van der Waals surface area contributed by atoms with E-state index in [1.807, 2.05) is 4.90 Å². The summed E-state index contributed by atoms with van der Waals surface area (Å²) >= 11 is 0. The highest BCUT2D eigenvalue weighted by Crippen LogP contribution is 2.33. The number of alkyl halides is 3. The molecule has 0 unspecified atom stereocenters. The minimum Gasteiger partial charge on any atom is -0.424 e. The lowest BCUT2D eigenvalue weighted by Crippen LogP contribution is -2.29. The van der Waals surface area contributed by atoms with Gasteiger partial charge in [-0.25, -0.2) is 0 Å². The molecule has 0 N–H and O–H groups in total. The van der Waals surface area contributed by atoms with Gasteiger partial charge in [0, 0.05) is 19.2 Å². The molecule has 22 heavy (non-hydrogen) atoms. The molecule has 0 saturated heterocycles. The molecule has 0 saturated carbocycles. The van der Waals surface area contributed by atoms with Gasteiger partial charge in [-0.2, -0.15) is 0 Å². The van der Waals surface area contributed by atoms with E-state index in [1.165, 1.54) is 12.1 Å². The van der Waals surface area contributed by atoms with Crippen LogP contribution in [0, 0.1) is 6.92 Å². The van der Waals surface area contributed by atoms with Gasteiger partial charge in [-0.05, 0) is 36.6 Å². The number of aryl methyl sites for hydroxylation is 2. The van der Waals surface area contributed by atoms with E-state index in [1.54, 1.807) is 13.0 Å². The highest BCUT2D eigenvalue weighted by atomic mass is 19.4. The molecule has 8 heteroatoms. The van der Waals surface area contributed by atoms with Gasteiger partial charge in [-0.15, -0.1) is 23.4 Å². The number of benzene rings is 1. The number of rotatable bonds is 3. The molecule has 0 amide bonds. The molecule has 0 aliphatic carbocycles. The fraction of sp³-hybridized carbons (Fsp3) is 0.429. The molecular formula is C14H14F3N3O2. The van der Waals surface area contributed by atoms with E-state index in [0.29, 0.717) is 24.7 Å². The molecule has 2 heterocycles. The molecule has 0 spiro atoms. The summed E-state index contributed by atoms with van der Waals surface area (Å²) in [5.41, 5.74) is 1.70. The molecular weight excluding hydrogens is 299 g/mol. The maximum atomic E-state index is 12.3. The molecule has 1 aromatic heterocycles. The molecule has 2 aromatic rings. The predicted octanol–water partition coefficient (Wildman–Crippen LogP) is 3.23. The van der Waals surface area contributed by atoms with E-state index in [4.69, 9.17) is 4.42 Å². The zero-order valence-corrected chi connectivity index (χ0v) is 11.9. The number of halogens is 3. The van der Waals surface area contributed by atoms with Gasteiger partial charge in [-0.3, -0.25) is 0 Å². The normalized spacial score (nSPS) is 14.8. The minimum atomic E-state index is -4.68. The summed E-state index contributed by atoms with van der Waals surface area (Å²) in [6.45, 7) is 2.93. The van der Waals surface area contributed by atoms with Gasteiger partial charge in [0.2, 0.25) is 11.8 Å². The number of hydrogen-bond donors (Lipinski definition) is 0. The predicted molar refractivity (Wildman–Crippen MR) is 71.5 cm³/mol. The molecule has 0 fully saturated rings. The zero-order valence-electron chi connectivity index (χ0n) is 11.9. The third-order valence-electron chi connectivity index (χ3n) is 3.39. The first-order valence-electron chi connectivity index (χ1n) is 6.83. The van der Waals surface area contributed by atoms with Gasteiger partial charge in [0.05, 0.1) is 6.54 Å². The Hall–Kier alpha value is -2.25. The van der Waals surface area contributed by atoms with Gasteiger partial charge in [0.1, 0.15) is 5.75 Å². The van der Waals surface area contributed by atoms with Crippen molar-refractivity contribution >= 4 is 5.69 Å². The van der Waals surface area contributed by atoms with Crippen molar-refractivity contribution in [2.45, 2.75) is 32.7 Å². The second-order valence-corrected chi connectivity index (χ2v) is 5.08. The largest absolute Gasteiger partial charge is 0.573 e. The summed E-state index contributed by atoms with van der Waals surface area (Å²) in [6, 6.07) is 4.40. The van der Waals surface area contributed by atoms with Crippen molar-refractivity contribution in [2.24, 2.45) is 0 Å². The summed E-state index contributed by atoms with van der Waals surface area (Å²) in [7, 11) is 0. The standard InChI is InChI=1S/C14H14F3N3O2/c1-9-18-19-13(21-9)8-20-6-2-3-10-7-11(4-5-12(10)20)22-14(15,16)17/h4-5,7H,2-3,6,8H2,1H3. The van der Waals surface area contributed by atoms with E-state index in [0.717, 1.165) is 24.2 Å². The Morgan fingerprint density at radius 1 is 1.32 bits per heavy atom. The summed E-state index contributed by atoms with van der Waals surface area (Å²) < 4.78 is 46.2. The Kier molecular flexibility index (Phi) is 3.67. The van der Waals surface area contributed by atoms with E-state index in [9.17, 15) is 13.2 Å². The summed E-state index contributed by atoms with van der Waals surface area (Å²) in [5, 5.41) is 7.72. The fourth-order valence-corrected chi connectivity index (χ4v) is 2.58. The van der Waals surface area contributed by atoms with Crippen molar-refractivity contribution in [3.8, 4) is 5.75 Å². The maximum absolute atomic E-state index is 12.3. The Morgan fingerprint density at radius 2 is 2.14 bits per heavy atom. The number of anilines is 1. The van der Waals surface area contributed by atoms with Crippen LogP contribution in [0.25, 0.3) is 0 Å². The van der Waals surface area contributed by atoms with Crippen LogP contribution in [0.4, 0.5) is 18.9 Å². The number of fused-ring (bicyclic) bond motifs is 1. The van der Waals surface area contributed by atoms with Gasteiger partial charge in [-0.1, -0.05) is 0 Å². The molecule has 0 radical (unpaired) electrons. The second-order valence-electron chi connectivity index (χ2n) is 5.08. The van der Waals surface area contributed by atoms with E-state index >= 15 is 0 Å². The highest BCUT2D eigenvalue weighted by Gasteiger charge is 2.31. The van der Waals surface area contributed by atoms with Crippen molar-refractivity contribution in [3.63, 3.8) is 0 Å². The van der Waals surface area contributed by atoms with Gasteiger partial charge in [0.15, 0.2) is 0 Å². The van der Waals surface area contributed by atoms with Crippen LogP contribution >= 0.6 is 0 Å². The first-order chi connectivity index (χ1) is 10.4. The molecule has 5 nitrogen and oxygen atoms in total. The summed E-state index contributed by atoms with van der Waals surface area (Å²) in [6.07, 6.45) is -3.12. The van der Waals surface area contributed by atoms with Crippen LogP contribution in [0.5, 0.6) is 5.75 Å². The lowest BCUT2D eigenvalue weighted by molar-refractivity contribution is -0.274. The van der Waals surface area contributed by atoms with E-state index in [-0.39, 0.29) is 5.75 Å². The zero-order chi connectivity index (χ0) is 15.7. The number of hydrogen-bond acceptors (Lipinski definition) is 5. The van der Waals surface area contributed by atoms with Gasteiger partial charge < -0.3 is 14.1 Å². The topological polar surface area (TPSA) is 51.4 Å². The summed E-state index contributed by atoms with van der Waals surface area (Å²) in [4.78, 5) is 2.02. The average Bonchev–Trinajstić information content (AvgIpc) is 2.82. The quantitative estimate of drug-likeness (QED) is 0.871. The van der Waals surface area contributed by atoms with Crippen molar-refractivity contribution in [3.05, 3.63) is 35.5 Å². The van der Waals surface area contributed by atoms with Crippen molar-refractivity contribution < 1.29 is 22.3 Å². The Labute approximate surface area is 124 Å².